The maximum absolute atomic E-state index is 12.4. The molecule has 2 aliphatic heterocycles. The number of aryl methyl sites for hydroxylation is 2. The highest BCUT2D eigenvalue weighted by Gasteiger charge is 2.32. The van der Waals surface area contributed by atoms with Crippen molar-refractivity contribution in [1.29, 1.82) is 0 Å². The minimum Gasteiger partial charge on any atom is -0.484 e. The topological polar surface area (TPSA) is 177 Å². The van der Waals surface area contributed by atoms with E-state index in [2.05, 4.69) is 50.5 Å². The number of hydrogen-bond acceptors (Lipinski definition) is 14. The predicted molar refractivity (Wildman–Crippen MR) is 247 cm³/mol. The Kier molecular flexibility index (Phi) is 16.3. The molecule has 2 amide bonds. The van der Waals surface area contributed by atoms with Gasteiger partial charge in [-0.2, -0.15) is 0 Å². The molecule has 0 aliphatic carbocycles. The summed E-state index contributed by atoms with van der Waals surface area (Å²) in [5.74, 6) is -0.0556. The minimum absolute atomic E-state index is 0.0512. The van der Waals surface area contributed by atoms with Gasteiger partial charge in [0.15, 0.2) is 13.2 Å². The van der Waals surface area contributed by atoms with Gasteiger partial charge >= 0.3 is 12.7 Å². The van der Waals surface area contributed by atoms with E-state index in [1.54, 1.807) is 24.3 Å². The second-order valence-corrected chi connectivity index (χ2v) is 16.1. The van der Waals surface area contributed by atoms with Crippen LogP contribution in [0.2, 0.25) is 5.02 Å². The second-order valence-electron chi connectivity index (χ2n) is 15.7. The number of rotatable bonds is 12. The van der Waals surface area contributed by atoms with Crippen LogP contribution in [0.15, 0.2) is 78.9 Å². The van der Waals surface area contributed by atoms with Crippen molar-refractivity contribution in [2.24, 2.45) is 0 Å². The predicted octanol–water partition coefficient (Wildman–Crippen LogP) is 7.96. The highest BCUT2D eigenvalue weighted by Crippen LogP contribution is 2.32. The summed E-state index contributed by atoms with van der Waals surface area (Å²) in [6, 6.07) is 18.8. The molecule has 4 aromatic carbocycles. The number of halogens is 7. The lowest BCUT2D eigenvalue weighted by Gasteiger charge is -2.20. The molecule has 69 heavy (non-hydrogen) atoms. The van der Waals surface area contributed by atoms with Crippen molar-refractivity contribution in [3.05, 3.63) is 95.3 Å². The van der Waals surface area contributed by atoms with Crippen molar-refractivity contribution in [1.82, 2.24) is 30.6 Å². The molecule has 2 saturated heterocycles. The summed E-state index contributed by atoms with van der Waals surface area (Å²) >= 11 is 5.94. The Morgan fingerprint density at radius 2 is 1.06 bits per heavy atom. The number of carbonyl (C=O) groups excluding carboxylic acids is 2. The lowest BCUT2D eigenvalue weighted by Crippen LogP contribution is -2.29. The lowest BCUT2D eigenvalue weighted by atomic mass is 10.1. The molecule has 16 nitrogen and oxygen atoms in total. The van der Waals surface area contributed by atoms with Crippen molar-refractivity contribution in [2.45, 2.75) is 39.4 Å². The molecule has 366 valence electrons. The van der Waals surface area contributed by atoms with Crippen LogP contribution >= 0.6 is 11.6 Å². The minimum atomic E-state index is -4.83. The third-order valence-electron chi connectivity index (χ3n) is 10.5. The van der Waals surface area contributed by atoms with Crippen LogP contribution in [-0.4, -0.2) is 110 Å². The first-order valence-corrected chi connectivity index (χ1v) is 22.1. The Morgan fingerprint density at radius 1 is 0.594 bits per heavy atom. The summed E-state index contributed by atoms with van der Waals surface area (Å²) in [5.41, 5.74) is 4.26. The highest BCUT2D eigenvalue weighted by molar-refractivity contribution is 6.32. The van der Waals surface area contributed by atoms with E-state index < -0.39 is 36.9 Å². The average Bonchev–Trinajstić information content (AvgIpc) is 3.75. The monoisotopic (exact) mass is 984 g/mol. The fourth-order valence-corrected chi connectivity index (χ4v) is 7.51. The van der Waals surface area contributed by atoms with E-state index in [-0.39, 0.29) is 28.9 Å². The number of hydrogen-bond donors (Lipinski definition) is 4. The average molecular weight is 985 g/mol. The Bertz CT molecular complexity index is 2740. The van der Waals surface area contributed by atoms with E-state index >= 15 is 0 Å². The van der Waals surface area contributed by atoms with Gasteiger partial charge in [0.25, 0.3) is 11.8 Å². The number of fused-ring (bicyclic) bond motifs is 2. The number of alkyl halides is 6. The molecule has 2 aliphatic rings. The molecule has 2 aromatic heterocycles. The molecule has 0 radical (unpaired) electrons. The third kappa shape index (κ3) is 14.8. The number of carbonyl (C=O) groups is 2. The first kappa shape index (κ1) is 50.0. The number of aromatic nitrogens is 4. The lowest BCUT2D eigenvalue weighted by molar-refractivity contribution is -0.275. The van der Waals surface area contributed by atoms with Crippen LogP contribution in [0.3, 0.4) is 0 Å². The summed E-state index contributed by atoms with van der Waals surface area (Å²) < 4.78 is 91.9. The molecule has 0 unspecified atom stereocenters. The van der Waals surface area contributed by atoms with Crippen molar-refractivity contribution in [3.8, 4) is 23.0 Å². The Morgan fingerprint density at radius 3 is 1.55 bits per heavy atom. The van der Waals surface area contributed by atoms with Gasteiger partial charge in [0, 0.05) is 67.5 Å². The fraction of sp³-hybridized carbons (Fsp3) is 0.348. The Labute approximate surface area is 396 Å². The smallest absolute Gasteiger partial charge is 0.484 e. The van der Waals surface area contributed by atoms with Gasteiger partial charge in [-0.25, -0.2) is 19.9 Å². The number of benzene rings is 4. The van der Waals surface area contributed by atoms with Crippen LogP contribution in [0.1, 0.15) is 24.2 Å². The largest absolute Gasteiger partial charge is 0.573 e. The van der Waals surface area contributed by atoms with Gasteiger partial charge in [0.05, 0.1) is 27.4 Å². The molecule has 4 N–H and O–H groups in total. The Balaban J connectivity index is 0.000000204. The van der Waals surface area contributed by atoms with Gasteiger partial charge in [-0.3, -0.25) is 9.59 Å². The van der Waals surface area contributed by atoms with Crippen molar-refractivity contribution in [3.63, 3.8) is 0 Å². The Hall–Kier alpha value is -6.91. The normalized spacial score (nSPS) is 14.5. The van der Waals surface area contributed by atoms with Gasteiger partial charge in [-0.05, 0) is 113 Å². The molecule has 2 fully saturated rings. The van der Waals surface area contributed by atoms with Gasteiger partial charge < -0.3 is 50.0 Å². The van der Waals surface area contributed by atoms with Gasteiger partial charge in [0.2, 0.25) is 11.9 Å². The van der Waals surface area contributed by atoms with Crippen LogP contribution in [0, 0.1) is 13.8 Å². The number of anilines is 4. The third-order valence-corrected chi connectivity index (χ3v) is 10.8. The van der Waals surface area contributed by atoms with Crippen LogP contribution in [0.5, 0.6) is 23.0 Å². The van der Waals surface area contributed by atoms with Crippen LogP contribution in [0.4, 0.5) is 49.6 Å². The zero-order chi connectivity index (χ0) is 49.1. The maximum atomic E-state index is 12.4. The molecule has 0 saturated carbocycles. The summed E-state index contributed by atoms with van der Waals surface area (Å²) in [5, 5.41) is 13.7. The zero-order valence-corrected chi connectivity index (χ0v) is 38.0. The van der Waals surface area contributed by atoms with Gasteiger partial charge in [-0.15, -0.1) is 26.3 Å². The van der Waals surface area contributed by atoms with E-state index in [4.69, 9.17) is 31.0 Å². The molecular weight excluding hydrogens is 938 g/mol. The van der Waals surface area contributed by atoms with Crippen molar-refractivity contribution < 1.29 is 54.9 Å². The SMILES string of the molecule is Cc1nc(N2CCCNCC2)nc2ccc(NC(=O)COc3ccc(OC(F)(F)F)cc3)cc12.Cc1nc(N2CCCNCC2)nc2ccc(NC(=O)COc3ccc(OC(F)(F)F)cc3Cl)cc12. The van der Waals surface area contributed by atoms with Crippen molar-refractivity contribution in [2.75, 3.05) is 86.0 Å². The fourth-order valence-electron chi connectivity index (χ4n) is 7.28. The molecule has 6 aromatic rings. The maximum Gasteiger partial charge on any atom is 0.573 e. The molecule has 23 heteroatoms. The van der Waals surface area contributed by atoms with Crippen LogP contribution in [0.25, 0.3) is 21.8 Å². The summed E-state index contributed by atoms with van der Waals surface area (Å²) in [4.78, 5) is 47.7. The standard InChI is InChI=1S/C23H23ClF3N5O3.C23H24F3N5O3/c1-14-17-11-15(3-5-19(17)31-22(29-14)32-9-2-7-28-8-10-32)30-21(33)13-34-20-6-4-16(12-18(20)24)35-23(25,26)27;1-15-19-13-16(3-8-20(19)30-22(28-15)31-11-2-9-27-10-12-31)29-21(32)14-33-17-4-6-18(7-5-17)34-23(24,25)26/h3-6,11-12,28H,2,7-10,13H2,1H3,(H,30,33);3-8,13,27H,2,9-12,14H2,1H3,(H,29,32). The molecule has 0 spiro atoms. The first-order valence-electron chi connectivity index (χ1n) is 21.7. The number of ether oxygens (including phenoxy) is 4. The molecule has 0 bridgehead atoms. The molecule has 4 heterocycles. The number of nitrogens with one attached hydrogen (secondary N) is 4. The van der Waals surface area contributed by atoms with Gasteiger partial charge in [-0.1, -0.05) is 11.6 Å². The van der Waals surface area contributed by atoms with Crippen LogP contribution < -0.4 is 50.0 Å². The highest BCUT2D eigenvalue weighted by atomic mass is 35.5. The zero-order valence-electron chi connectivity index (χ0n) is 37.3. The molecular formula is C46H47ClF6N10O6. The first-order chi connectivity index (χ1) is 32.9. The number of nitrogens with zero attached hydrogens (tertiary/aromatic N) is 6. The molecule has 8 rings (SSSR count). The summed E-state index contributed by atoms with van der Waals surface area (Å²) in [7, 11) is 0. The van der Waals surface area contributed by atoms with E-state index in [0.29, 0.717) is 23.3 Å². The van der Waals surface area contributed by atoms with E-state index in [9.17, 15) is 35.9 Å². The van der Waals surface area contributed by atoms with Gasteiger partial charge in [0.1, 0.15) is 23.0 Å². The quantitative estimate of drug-likeness (QED) is 0.0869. The summed E-state index contributed by atoms with van der Waals surface area (Å²) in [6.45, 7) is 10.3. The van der Waals surface area contributed by atoms with E-state index in [1.165, 1.54) is 18.2 Å². The van der Waals surface area contributed by atoms with Crippen molar-refractivity contribution >= 4 is 68.5 Å². The second kappa shape index (κ2) is 22.5. The molecule has 0 atom stereocenters. The van der Waals surface area contributed by atoms with E-state index in [1.807, 2.05) is 26.0 Å². The summed E-state index contributed by atoms with van der Waals surface area (Å²) in [6.07, 6.45) is -7.55. The van der Waals surface area contributed by atoms with Crippen LogP contribution in [-0.2, 0) is 9.59 Å². The number of amides is 2. The van der Waals surface area contributed by atoms with E-state index in [0.717, 1.165) is 123 Å².